The summed E-state index contributed by atoms with van der Waals surface area (Å²) in [6, 6.07) is 11.3. The van der Waals surface area contributed by atoms with Crippen LogP contribution in [0, 0.1) is 0 Å². The number of hydrogen-bond donors (Lipinski definition) is 2. The molecule has 0 radical (unpaired) electrons. The number of benzene rings is 1. The van der Waals surface area contributed by atoms with Crippen molar-refractivity contribution in [1.82, 2.24) is 10.6 Å². The van der Waals surface area contributed by atoms with Crippen LogP contribution in [0.1, 0.15) is 24.3 Å². The Bertz CT molecular complexity index is 385. The highest BCUT2D eigenvalue weighted by Gasteiger charge is 2.38. The molecule has 2 atom stereocenters. The van der Waals surface area contributed by atoms with E-state index in [0.29, 0.717) is 12.0 Å². The molecule has 1 fully saturated rings. The summed E-state index contributed by atoms with van der Waals surface area (Å²) in [6.07, 6.45) is 2.38. The molecule has 1 saturated carbocycles. The Kier molecular flexibility index (Phi) is 2.52. The van der Waals surface area contributed by atoms with Crippen molar-refractivity contribution in [2.45, 2.75) is 24.8 Å². The lowest BCUT2D eigenvalue weighted by Crippen LogP contribution is -2.42. The highest BCUT2D eigenvalue weighted by atomic mass is 15.2. The maximum atomic E-state index is 4.43. The first-order valence-electron chi connectivity index (χ1n) is 6.03. The lowest BCUT2D eigenvalue weighted by atomic mass is 10.1. The molecule has 1 heterocycles. The Morgan fingerprint density at radius 3 is 2.88 bits per heavy atom. The molecule has 0 amide bonds. The molecule has 3 rings (SSSR count). The molecule has 1 aliphatic carbocycles. The van der Waals surface area contributed by atoms with Crippen LogP contribution in [0.2, 0.25) is 0 Å². The Morgan fingerprint density at radius 1 is 1.25 bits per heavy atom. The number of hydrogen-bond acceptors (Lipinski definition) is 3. The summed E-state index contributed by atoms with van der Waals surface area (Å²) in [5.74, 6) is 1.67. The van der Waals surface area contributed by atoms with E-state index >= 15 is 0 Å². The zero-order valence-electron chi connectivity index (χ0n) is 9.32. The molecular formula is C13H17N3. The van der Waals surface area contributed by atoms with E-state index in [1.54, 1.807) is 0 Å². The maximum Gasteiger partial charge on any atom is 0.191 e. The van der Waals surface area contributed by atoms with Gasteiger partial charge >= 0.3 is 0 Å². The molecule has 0 aromatic heterocycles. The molecule has 1 aliphatic heterocycles. The van der Waals surface area contributed by atoms with Crippen molar-refractivity contribution in [2.75, 3.05) is 13.1 Å². The van der Waals surface area contributed by atoms with Gasteiger partial charge in [0.05, 0.1) is 0 Å². The van der Waals surface area contributed by atoms with Crippen LogP contribution in [-0.2, 0) is 0 Å². The third-order valence-electron chi connectivity index (χ3n) is 3.24. The predicted molar refractivity (Wildman–Crippen MR) is 65.6 cm³/mol. The highest BCUT2D eigenvalue weighted by molar-refractivity contribution is 5.81. The number of aliphatic imine (C=N–C) groups is 1. The van der Waals surface area contributed by atoms with Gasteiger partial charge in [-0.25, -0.2) is 0 Å². The average Bonchev–Trinajstić information content (AvgIpc) is 3.11. The van der Waals surface area contributed by atoms with Crippen LogP contribution in [-0.4, -0.2) is 25.1 Å². The number of guanidine groups is 1. The second-order valence-electron chi connectivity index (χ2n) is 4.51. The van der Waals surface area contributed by atoms with E-state index in [1.807, 2.05) is 0 Å². The summed E-state index contributed by atoms with van der Waals surface area (Å²) in [6.45, 7) is 2.01. The molecule has 2 unspecified atom stereocenters. The fourth-order valence-electron chi connectivity index (χ4n) is 2.23. The summed E-state index contributed by atoms with van der Waals surface area (Å²) in [5.41, 5.74) is 1.44. The van der Waals surface area contributed by atoms with Crippen molar-refractivity contribution < 1.29 is 0 Å². The second kappa shape index (κ2) is 4.16. The average molecular weight is 215 g/mol. The lowest BCUT2D eigenvalue weighted by Gasteiger charge is -2.15. The SMILES string of the molecule is c1ccc(C2CC2NC2=NCCCN2)cc1. The van der Waals surface area contributed by atoms with Crippen LogP contribution >= 0.6 is 0 Å². The molecule has 2 N–H and O–H groups in total. The molecule has 16 heavy (non-hydrogen) atoms. The molecule has 0 saturated heterocycles. The van der Waals surface area contributed by atoms with Gasteiger partial charge in [-0.05, 0) is 18.4 Å². The standard InChI is InChI=1S/C13H17N3/c1-2-5-10(6-3-1)11-9-12(11)16-13-14-7-4-8-15-13/h1-3,5-6,11-12H,4,7-9H2,(H2,14,15,16). The van der Waals surface area contributed by atoms with Crippen molar-refractivity contribution in [3.8, 4) is 0 Å². The molecule has 2 aliphatic rings. The molecule has 1 aromatic rings. The smallest absolute Gasteiger partial charge is 0.191 e. The van der Waals surface area contributed by atoms with Crippen LogP contribution in [0.15, 0.2) is 35.3 Å². The van der Waals surface area contributed by atoms with Gasteiger partial charge < -0.3 is 10.6 Å². The normalized spacial score (nSPS) is 27.9. The van der Waals surface area contributed by atoms with Gasteiger partial charge in [-0.1, -0.05) is 30.3 Å². The van der Waals surface area contributed by atoms with E-state index in [-0.39, 0.29) is 0 Å². The van der Waals surface area contributed by atoms with Gasteiger partial charge in [0, 0.05) is 25.0 Å². The molecule has 0 bridgehead atoms. The number of rotatable bonds is 2. The van der Waals surface area contributed by atoms with Crippen molar-refractivity contribution >= 4 is 5.96 Å². The molecule has 3 heteroatoms. The first-order chi connectivity index (χ1) is 7.93. The van der Waals surface area contributed by atoms with Crippen molar-refractivity contribution in [3.05, 3.63) is 35.9 Å². The van der Waals surface area contributed by atoms with Crippen LogP contribution in [0.25, 0.3) is 0 Å². The van der Waals surface area contributed by atoms with Crippen molar-refractivity contribution in [1.29, 1.82) is 0 Å². The van der Waals surface area contributed by atoms with Crippen molar-refractivity contribution in [3.63, 3.8) is 0 Å². The maximum absolute atomic E-state index is 4.43. The number of nitrogens with zero attached hydrogens (tertiary/aromatic N) is 1. The third-order valence-corrected chi connectivity index (χ3v) is 3.24. The molecule has 1 aromatic carbocycles. The third kappa shape index (κ3) is 2.03. The van der Waals surface area contributed by atoms with E-state index in [9.17, 15) is 0 Å². The Morgan fingerprint density at radius 2 is 2.12 bits per heavy atom. The highest BCUT2D eigenvalue weighted by Crippen LogP contribution is 2.40. The monoisotopic (exact) mass is 215 g/mol. The van der Waals surface area contributed by atoms with Gasteiger partial charge in [0.25, 0.3) is 0 Å². The summed E-state index contributed by atoms with van der Waals surface area (Å²) >= 11 is 0. The van der Waals surface area contributed by atoms with Crippen LogP contribution in [0.3, 0.4) is 0 Å². The Labute approximate surface area is 96.0 Å². The lowest BCUT2D eigenvalue weighted by molar-refractivity contribution is 0.696. The molecule has 3 nitrogen and oxygen atoms in total. The van der Waals surface area contributed by atoms with E-state index in [4.69, 9.17) is 0 Å². The Hall–Kier alpha value is -1.51. The van der Waals surface area contributed by atoms with E-state index in [0.717, 1.165) is 25.5 Å². The zero-order chi connectivity index (χ0) is 10.8. The fourth-order valence-corrected chi connectivity index (χ4v) is 2.23. The summed E-state index contributed by atoms with van der Waals surface area (Å²) in [4.78, 5) is 4.43. The quantitative estimate of drug-likeness (QED) is 0.784. The summed E-state index contributed by atoms with van der Waals surface area (Å²) < 4.78 is 0. The first-order valence-corrected chi connectivity index (χ1v) is 6.03. The van der Waals surface area contributed by atoms with Gasteiger partial charge in [0.15, 0.2) is 5.96 Å². The fraction of sp³-hybridized carbons (Fsp3) is 0.462. The van der Waals surface area contributed by atoms with Crippen LogP contribution in [0.4, 0.5) is 0 Å². The summed E-state index contributed by atoms with van der Waals surface area (Å²) in [5, 5.41) is 6.78. The minimum atomic E-state index is 0.576. The minimum absolute atomic E-state index is 0.576. The van der Waals surface area contributed by atoms with Gasteiger partial charge in [0.2, 0.25) is 0 Å². The van der Waals surface area contributed by atoms with Gasteiger partial charge in [-0.2, -0.15) is 0 Å². The number of nitrogens with one attached hydrogen (secondary N) is 2. The minimum Gasteiger partial charge on any atom is -0.356 e. The first kappa shape index (κ1) is 9.70. The van der Waals surface area contributed by atoms with E-state index in [2.05, 4.69) is 46.0 Å². The second-order valence-corrected chi connectivity index (χ2v) is 4.51. The van der Waals surface area contributed by atoms with Crippen LogP contribution in [0.5, 0.6) is 0 Å². The summed E-state index contributed by atoms with van der Waals surface area (Å²) in [7, 11) is 0. The molecular weight excluding hydrogens is 198 g/mol. The molecule has 84 valence electrons. The Balaban J connectivity index is 1.58. The van der Waals surface area contributed by atoms with Crippen LogP contribution < -0.4 is 10.6 Å². The zero-order valence-corrected chi connectivity index (χ0v) is 9.32. The van der Waals surface area contributed by atoms with Gasteiger partial charge in [-0.3, -0.25) is 4.99 Å². The van der Waals surface area contributed by atoms with E-state index in [1.165, 1.54) is 12.0 Å². The van der Waals surface area contributed by atoms with E-state index < -0.39 is 0 Å². The predicted octanol–water partition coefficient (Wildman–Crippen LogP) is 1.48. The topological polar surface area (TPSA) is 36.4 Å². The van der Waals surface area contributed by atoms with Crippen molar-refractivity contribution in [2.24, 2.45) is 4.99 Å². The molecule has 0 spiro atoms. The van der Waals surface area contributed by atoms with Gasteiger partial charge in [0.1, 0.15) is 0 Å². The van der Waals surface area contributed by atoms with Gasteiger partial charge in [-0.15, -0.1) is 0 Å². The largest absolute Gasteiger partial charge is 0.356 e.